The van der Waals surface area contributed by atoms with Crippen LogP contribution in [-0.4, -0.2) is 33.0 Å². The van der Waals surface area contributed by atoms with Crippen LogP contribution < -0.4 is 10.6 Å². The summed E-state index contributed by atoms with van der Waals surface area (Å²) < 4.78 is 1.75. The maximum absolute atomic E-state index is 12.2. The Hall–Kier alpha value is -2.94. The van der Waals surface area contributed by atoms with Gasteiger partial charge in [0.15, 0.2) is 5.82 Å². The van der Waals surface area contributed by atoms with Gasteiger partial charge < -0.3 is 10.6 Å². The van der Waals surface area contributed by atoms with E-state index in [9.17, 15) is 9.59 Å². The lowest BCUT2D eigenvalue weighted by atomic mass is 10.2. The van der Waals surface area contributed by atoms with Gasteiger partial charge in [-0.25, -0.2) is 4.52 Å². The summed E-state index contributed by atoms with van der Waals surface area (Å²) >= 11 is 13.3. The Morgan fingerprint density at radius 1 is 1.06 bits per heavy atom. The zero-order valence-corrected chi connectivity index (χ0v) is 18.7. The Morgan fingerprint density at radius 2 is 1.81 bits per heavy atom. The molecule has 2 aromatic heterocycles. The molecule has 2 heterocycles. The van der Waals surface area contributed by atoms with Gasteiger partial charge in [-0.15, -0.1) is 16.4 Å². The number of halogens is 2. The SMILES string of the molecule is Cc1ccc(Cl)cc1NC(=O)C(=O)NCCc1csc2nc(-c3ccc(Cl)cc3)nn12. The molecule has 7 nitrogen and oxygen atoms in total. The van der Waals surface area contributed by atoms with E-state index < -0.39 is 11.8 Å². The van der Waals surface area contributed by atoms with E-state index in [1.165, 1.54) is 11.3 Å². The van der Waals surface area contributed by atoms with Gasteiger partial charge in [0.25, 0.3) is 0 Å². The van der Waals surface area contributed by atoms with E-state index in [2.05, 4.69) is 20.7 Å². The number of carbonyl (C=O) groups is 2. The Labute approximate surface area is 192 Å². The maximum Gasteiger partial charge on any atom is 0.313 e. The summed E-state index contributed by atoms with van der Waals surface area (Å²) in [5.74, 6) is -0.858. The molecule has 0 aliphatic heterocycles. The zero-order valence-electron chi connectivity index (χ0n) is 16.4. The monoisotopic (exact) mass is 473 g/mol. The van der Waals surface area contributed by atoms with Crippen molar-refractivity contribution in [3.63, 3.8) is 0 Å². The summed E-state index contributed by atoms with van der Waals surface area (Å²) in [7, 11) is 0. The van der Waals surface area contributed by atoms with Crippen LogP contribution in [0.3, 0.4) is 0 Å². The first-order valence-electron chi connectivity index (χ1n) is 9.35. The average molecular weight is 474 g/mol. The Kier molecular flexibility index (Phi) is 6.22. The molecule has 10 heteroatoms. The molecule has 2 aromatic carbocycles. The van der Waals surface area contributed by atoms with Crippen molar-refractivity contribution in [2.75, 3.05) is 11.9 Å². The first kappa shape index (κ1) is 21.3. The number of anilines is 1. The molecule has 0 saturated carbocycles. The van der Waals surface area contributed by atoms with Crippen LogP contribution >= 0.6 is 34.5 Å². The van der Waals surface area contributed by atoms with Crippen LogP contribution in [0.1, 0.15) is 11.3 Å². The second-order valence-electron chi connectivity index (χ2n) is 6.78. The molecule has 0 atom stereocenters. The van der Waals surface area contributed by atoms with E-state index in [1.807, 2.05) is 24.4 Å². The summed E-state index contributed by atoms with van der Waals surface area (Å²) in [5, 5.41) is 12.8. The number of aromatic nitrogens is 3. The molecule has 0 radical (unpaired) electrons. The number of thiazole rings is 1. The molecule has 158 valence electrons. The topological polar surface area (TPSA) is 88.4 Å². The van der Waals surface area contributed by atoms with E-state index in [0.717, 1.165) is 21.8 Å². The molecule has 0 spiro atoms. The van der Waals surface area contributed by atoms with Crippen molar-refractivity contribution in [2.24, 2.45) is 0 Å². The van der Waals surface area contributed by atoms with Gasteiger partial charge in [-0.2, -0.15) is 4.98 Å². The van der Waals surface area contributed by atoms with Crippen LogP contribution in [0.25, 0.3) is 16.3 Å². The van der Waals surface area contributed by atoms with Crippen molar-refractivity contribution in [1.82, 2.24) is 19.9 Å². The fourth-order valence-electron chi connectivity index (χ4n) is 2.91. The largest absolute Gasteiger partial charge is 0.347 e. The summed E-state index contributed by atoms with van der Waals surface area (Å²) in [6.07, 6.45) is 0.499. The molecule has 31 heavy (non-hydrogen) atoms. The van der Waals surface area contributed by atoms with Crippen LogP contribution in [0.5, 0.6) is 0 Å². The number of benzene rings is 2. The molecule has 0 unspecified atom stereocenters. The molecule has 0 aliphatic carbocycles. The van der Waals surface area contributed by atoms with Crippen LogP contribution in [0.15, 0.2) is 47.8 Å². The van der Waals surface area contributed by atoms with Crippen LogP contribution in [0, 0.1) is 6.92 Å². The van der Waals surface area contributed by atoms with E-state index in [4.69, 9.17) is 23.2 Å². The predicted octanol–water partition coefficient (Wildman–Crippen LogP) is 4.37. The summed E-state index contributed by atoms with van der Waals surface area (Å²) in [6, 6.07) is 12.4. The molecule has 2 N–H and O–H groups in total. The Morgan fingerprint density at radius 3 is 2.58 bits per heavy atom. The van der Waals surface area contributed by atoms with Crippen molar-refractivity contribution in [3.8, 4) is 11.4 Å². The van der Waals surface area contributed by atoms with Gasteiger partial charge in [0, 0.05) is 39.6 Å². The first-order valence-corrected chi connectivity index (χ1v) is 11.0. The smallest absolute Gasteiger partial charge is 0.313 e. The van der Waals surface area contributed by atoms with Crippen molar-refractivity contribution >= 4 is 57.0 Å². The fraction of sp³-hybridized carbons (Fsp3) is 0.143. The van der Waals surface area contributed by atoms with Gasteiger partial charge in [0.05, 0.1) is 5.69 Å². The van der Waals surface area contributed by atoms with E-state index in [0.29, 0.717) is 28.0 Å². The minimum atomic E-state index is -0.744. The van der Waals surface area contributed by atoms with Crippen molar-refractivity contribution in [2.45, 2.75) is 13.3 Å². The number of aryl methyl sites for hydroxylation is 1. The molecule has 4 aromatic rings. The second kappa shape index (κ2) is 9.05. The van der Waals surface area contributed by atoms with Gasteiger partial charge in [-0.05, 0) is 48.9 Å². The average Bonchev–Trinajstić information content (AvgIpc) is 3.33. The highest BCUT2D eigenvalue weighted by Gasteiger charge is 2.16. The standard InChI is InChI=1S/C21H17Cl2N5O2S/c1-12-2-5-15(23)10-17(12)25-20(30)19(29)24-9-8-16-11-31-21-26-18(27-28(16)21)13-3-6-14(22)7-4-13/h2-7,10-11H,8-9H2,1H3,(H,24,29)(H,25,30). The highest BCUT2D eigenvalue weighted by Crippen LogP contribution is 2.23. The molecule has 0 fully saturated rings. The quantitative estimate of drug-likeness (QED) is 0.421. The number of rotatable bonds is 5. The fourth-order valence-corrected chi connectivity index (χ4v) is 4.06. The Bertz CT molecular complexity index is 1270. The van der Waals surface area contributed by atoms with Crippen LogP contribution in [0.4, 0.5) is 5.69 Å². The molecule has 4 rings (SSSR count). The van der Waals surface area contributed by atoms with Gasteiger partial charge >= 0.3 is 11.8 Å². The molecule has 0 bridgehead atoms. The number of amides is 2. The zero-order chi connectivity index (χ0) is 22.0. The lowest BCUT2D eigenvalue weighted by Crippen LogP contribution is -2.36. The summed E-state index contributed by atoms with van der Waals surface area (Å²) in [4.78, 5) is 29.6. The first-order chi connectivity index (χ1) is 14.9. The third-order valence-corrected chi connectivity index (χ3v) is 5.93. The van der Waals surface area contributed by atoms with Crippen LogP contribution in [-0.2, 0) is 16.0 Å². The van der Waals surface area contributed by atoms with Gasteiger partial charge in [-0.3, -0.25) is 9.59 Å². The molecular formula is C21H17Cl2N5O2S. The molecule has 2 amide bonds. The van der Waals surface area contributed by atoms with Crippen molar-refractivity contribution < 1.29 is 9.59 Å². The van der Waals surface area contributed by atoms with Crippen molar-refractivity contribution in [3.05, 3.63) is 69.1 Å². The van der Waals surface area contributed by atoms with Gasteiger partial charge in [0.2, 0.25) is 4.96 Å². The summed E-state index contributed by atoms with van der Waals surface area (Å²) in [5.41, 5.74) is 3.07. The second-order valence-corrected chi connectivity index (χ2v) is 8.49. The van der Waals surface area contributed by atoms with E-state index in [-0.39, 0.29) is 6.54 Å². The van der Waals surface area contributed by atoms with Gasteiger partial charge in [0.1, 0.15) is 0 Å². The van der Waals surface area contributed by atoms with Crippen molar-refractivity contribution in [1.29, 1.82) is 0 Å². The molecular weight excluding hydrogens is 457 g/mol. The number of hydrogen-bond donors (Lipinski definition) is 2. The number of nitrogens with one attached hydrogen (secondary N) is 2. The molecule has 0 aliphatic rings. The highest BCUT2D eigenvalue weighted by atomic mass is 35.5. The lowest BCUT2D eigenvalue weighted by molar-refractivity contribution is -0.136. The lowest BCUT2D eigenvalue weighted by Gasteiger charge is -2.09. The molecule has 0 saturated heterocycles. The number of fused-ring (bicyclic) bond motifs is 1. The predicted molar refractivity (Wildman–Crippen MR) is 123 cm³/mol. The van der Waals surface area contributed by atoms with E-state index in [1.54, 1.807) is 34.8 Å². The minimum Gasteiger partial charge on any atom is -0.347 e. The number of carbonyl (C=O) groups excluding carboxylic acids is 2. The number of hydrogen-bond acceptors (Lipinski definition) is 5. The third-order valence-electron chi connectivity index (χ3n) is 4.57. The third kappa shape index (κ3) is 4.87. The summed E-state index contributed by atoms with van der Waals surface area (Å²) in [6.45, 7) is 2.10. The Balaban J connectivity index is 1.37. The van der Waals surface area contributed by atoms with Crippen LogP contribution in [0.2, 0.25) is 10.0 Å². The normalized spacial score (nSPS) is 10.9. The highest BCUT2D eigenvalue weighted by molar-refractivity contribution is 7.15. The minimum absolute atomic E-state index is 0.281. The maximum atomic E-state index is 12.2. The van der Waals surface area contributed by atoms with E-state index >= 15 is 0 Å². The van der Waals surface area contributed by atoms with Gasteiger partial charge in [-0.1, -0.05) is 29.3 Å². The number of nitrogens with zero attached hydrogens (tertiary/aromatic N) is 3.